The van der Waals surface area contributed by atoms with Crippen molar-refractivity contribution in [2.24, 2.45) is 0 Å². The normalized spacial score (nSPS) is 30.9. The van der Waals surface area contributed by atoms with Gasteiger partial charge in [0, 0.05) is 24.7 Å². The third-order valence-electron chi connectivity index (χ3n) is 4.59. The number of fused-ring (bicyclic) bond motifs is 2. The Morgan fingerprint density at radius 2 is 1.94 bits per heavy atom. The molecule has 2 aliphatic heterocycles. The van der Waals surface area contributed by atoms with E-state index in [2.05, 4.69) is 48.5 Å². The van der Waals surface area contributed by atoms with Crippen LogP contribution in [0.15, 0.2) is 24.3 Å². The van der Waals surface area contributed by atoms with Crippen LogP contribution in [0.3, 0.4) is 0 Å². The molecule has 98 valence electrons. The molecule has 2 nitrogen and oxygen atoms in total. The third-order valence-corrected chi connectivity index (χ3v) is 4.59. The molecule has 1 aromatic rings. The highest BCUT2D eigenvalue weighted by Gasteiger charge is 2.34. The quantitative estimate of drug-likeness (QED) is 0.879. The summed E-state index contributed by atoms with van der Waals surface area (Å²) in [5, 5.41) is 3.72. The molecule has 3 rings (SSSR count). The number of aryl methyl sites for hydroxylation is 1. The number of piperidine rings is 1. The molecule has 1 N–H and O–H groups in total. The molecule has 2 saturated heterocycles. The van der Waals surface area contributed by atoms with Gasteiger partial charge in [-0.2, -0.15) is 0 Å². The van der Waals surface area contributed by atoms with Gasteiger partial charge < -0.3 is 5.32 Å². The summed E-state index contributed by atoms with van der Waals surface area (Å²) in [6.07, 6.45) is 5.44. The number of rotatable bonds is 3. The average Bonchev–Trinajstić information content (AvgIpc) is 2.68. The predicted molar refractivity (Wildman–Crippen MR) is 75.6 cm³/mol. The lowest BCUT2D eigenvalue weighted by Gasteiger charge is -2.35. The van der Waals surface area contributed by atoms with Gasteiger partial charge in [0.2, 0.25) is 0 Å². The molecule has 0 saturated carbocycles. The number of hydrogen-bond donors (Lipinski definition) is 1. The zero-order chi connectivity index (χ0) is 12.5. The molecular formula is C16H24N2. The lowest BCUT2D eigenvalue weighted by Crippen LogP contribution is -2.46. The molecule has 2 heteroatoms. The molecule has 2 aliphatic rings. The Labute approximate surface area is 110 Å². The molecular weight excluding hydrogens is 220 g/mol. The van der Waals surface area contributed by atoms with Crippen LogP contribution < -0.4 is 5.32 Å². The van der Waals surface area contributed by atoms with Gasteiger partial charge in [-0.1, -0.05) is 29.8 Å². The van der Waals surface area contributed by atoms with Crippen molar-refractivity contribution in [1.29, 1.82) is 0 Å². The van der Waals surface area contributed by atoms with Crippen molar-refractivity contribution in [2.45, 2.75) is 57.3 Å². The van der Waals surface area contributed by atoms with Gasteiger partial charge in [0.15, 0.2) is 0 Å². The fourth-order valence-electron chi connectivity index (χ4n) is 3.61. The number of benzene rings is 1. The highest BCUT2D eigenvalue weighted by Crippen LogP contribution is 2.29. The second kappa shape index (κ2) is 5.02. The van der Waals surface area contributed by atoms with Gasteiger partial charge >= 0.3 is 0 Å². The summed E-state index contributed by atoms with van der Waals surface area (Å²) in [5.74, 6) is 0. The van der Waals surface area contributed by atoms with Crippen LogP contribution in [0.5, 0.6) is 0 Å². The lowest BCUT2D eigenvalue weighted by atomic mass is 9.98. The fraction of sp³-hybridized carbons (Fsp3) is 0.625. The number of hydrogen-bond acceptors (Lipinski definition) is 2. The van der Waals surface area contributed by atoms with Crippen molar-refractivity contribution < 1.29 is 0 Å². The third kappa shape index (κ3) is 2.60. The van der Waals surface area contributed by atoms with E-state index in [0.717, 1.165) is 24.7 Å². The molecule has 1 aromatic carbocycles. The van der Waals surface area contributed by atoms with Gasteiger partial charge in [0.25, 0.3) is 0 Å². The minimum absolute atomic E-state index is 0.768. The first-order valence-corrected chi connectivity index (χ1v) is 7.22. The minimum Gasteiger partial charge on any atom is -0.311 e. The Bertz CT molecular complexity index is 403. The van der Waals surface area contributed by atoms with Gasteiger partial charge in [-0.05, 0) is 45.2 Å². The highest BCUT2D eigenvalue weighted by molar-refractivity contribution is 5.22. The van der Waals surface area contributed by atoms with E-state index >= 15 is 0 Å². The molecule has 0 amide bonds. The van der Waals surface area contributed by atoms with Crippen molar-refractivity contribution in [3.8, 4) is 0 Å². The minimum atomic E-state index is 0.768. The van der Waals surface area contributed by atoms with E-state index in [0.29, 0.717) is 0 Å². The molecule has 18 heavy (non-hydrogen) atoms. The SMILES string of the molecule is Cc1cccc(CN(C)C2CC3CCC(C2)N3)c1. The van der Waals surface area contributed by atoms with Gasteiger partial charge in [-0.15, -0.1) is 0 Å². The van der Waals surface area contributed by atoms with Crippen LogP contribution >= 0.6 is 0 Å². The number of nitrogens with zero attached hydrogens (tertiary/aromatic N) is 1. The average molecular weight is 244 g/mol. The molecule has 2 bridgehead atoms. The van der Waals surface area contributed by atoms with Crippen molar-refractivity contribution in [2.75, 3.05) is 7.05 Å². The summed E-state index contributed by atoms with van der Waals surface area (Å²) in [6.45, 7) is 3.26. The van der Waals surface area contributed by atoms with E-state index in [-0.39, 0.29) is 0 Å². The summed E-state index contributed by atoms with van der Waals surface area (Å²) in [4.78, 5) is 2.56. The molecule has 2 heterocycles. The Balaban J connectivity index is 1.63. The highest BCUT2D eigenvalue weighted by atomic mass is 15.2. The largest absolute Gasteiger partial charge is 0.311 e. The van der Waals surface area contributed by atoms with Gasteiger partial charge in [-0.25, -0.2) is 0 Å². The fourth-order valence-corrected chi connectivity index (χ4v) is 3.61. The summed E-state index contributed by atoms with van der Waals surface area (Å²) < 4.78 is 0. The lowest BCUT2D eigenvalue weighted by molar-refractivity contribution is 0.166. The Kier molecular flexibility index (Phi) is 3.40. The van der Waals surface area contributed by atoms with E-state index < -0.39 is 0 Å². The van der Waals surface area contributed by atoms with E-state index in [4.69, 9.17) is 0 Å². The molecule has 0 aliphatic carbocycles. The standard InChI is InChI=1S/C16H24N2/c1-12-4-3-5-13(8-12)11-18(2)16-9-14-6-7-15(10-16)17-14/h3-5,8,14-17H,6-7,9-11H2,1-2H3. The molecule has 2 fully saturated rings. The Hall–Kier alpha value is -0.860. The van der Waals surface area contributed by atoms with Gasteiger partial charge in [-0.3, -0.25) is 4.90 Å². The van der Waals surface area contributed by atoms with Crippen LogP contribution in [0, 0.1) is 6.92 Å². The first-order valence-electron chi connectivity index (χ1n) is 7.22. The summed E-state index contributed by atoms with van der Waals surface area (Å²) in [6, 6.07) is 11.2. The van der Waals surface area contributed by atoms with E-state index in [1.54, 1.807) is 0 Å². The number of nitrogens with one attached hydrogen (secondary N) is 1. The van der Waals surface area contributed by atoms with Crippen LogP contribution in [0.2, 0.25) is 0 Å². The molecule has 0 spiro atoms. The van der Waals surface area contributed by atoms with Gasteiger partial charge in [0.1, 0.15) is 0 Å². The van der Waals surface area contributed by atoms with Crippen LogP contribution in [0.1, 0.15) is 36.8 Å². The maximum Gasteiger partial charge on any atom is 0.0233 e. The first kappa shape index (κ1) is 12.2. The first-order chi connectivity index (χ1) is 8.70. The van der Waals surface area contributed by atoms with Crippen molar-refractivity contribution in [1.82, 2.24) is 10.2 Å². The Morgan fingerprint density at radius 1 is 1.22 bits per heavy atom. The summed E-state index contributed by atoms with van der Waals surface area (Å²) >= 11 is 0. The maximum absolute atomic E-state index is 3.72. The summed E-state index contributed by atoms with van der Waals surface area (Å²) in [5.41, 5.74) is 2.81. The van der Waals surface area contributed by atoms with E-state index in [1.807, 2.05) is 0 Å². The molecule has 0 radical (unpaired) electrons. The van der Waals surface area contributed by atoms with Crippen LogP contribution in [-0.4, -0.2) is 30.1 Å². The zero-order valence-corrected chi connectivity index (χ0v) is 11.5. The smallest absolute Gasteiger partial charge is 0.0233 e. The zero-order valence-electron chi connectivity index (χ0n) is 11.5. The van der Waals surface area contributed by atoms with Gasteiger partial charge in [0.05, 0.1) is 0 Å². The molecule has 2 atom stereocenters. The summed E-state index contributed by atoms with van der Waals surface area (Å²) in [7, 11) is 2.29. The van der Waals surface area contributed by atoms with Crippen LogP contribution in [-0.2, 0) is 6.54 Å². The van der Waals surface area contributed by atoms with Crippen molar-refractivity contribution in [3.63, 3.8) is 0 Å². The topological polar surface area (TPSA) is 15.3 Å². The Morgan fingerprint density at radius 3 is 2.61 bits per heavy atom. The van der Waals surface area contributed by atoms with E-state index in [1.165, 1.54) is 36.8 Å². The maximum atomic E-state index is 3.72. The monoisotopic (exact) mass is 244 g/mol. The molecule has 0 aromatic heterocycles. The van der Waals surface area contributed by atoms with Crippen LogP contribution in [0.25, 0.3) is 0 Å². The van der Waals surface area contributed by atoms with Crippen LogP contribution in [0.4, 0.5) is 0 Å². The second-order valence-corrected chi connectivity index (χ2v) is 6.17. The van der Waals surface area contributed by atoms with Crippen molar-refractivity contribution in [3.05, 3.63) is 35.4 Å². The van der Waals surface area contributed by atoms with E-state index in [9.17, 15) is 0 Å². The predicted octanol–water partition coefficient (Wildman–Crippen LogP) is 2.71. The molecule has 2 unspecified atom stereocenters. The van der Waals surface area contributed by atoms with Crippen molar-refractivity contribution >= 4 is 0 Å². The second-order valence-electron chi connectivity index (χ2n) is 6.17.